The number of carbonyl (C=O) groups excluding carboxylic acids is 2. The van der Waals surface area contributed by atoms with Crippen molar-refractivity contribution in [1.29, 1.82) is 0 Å². The normalized spacial score (nSPS) is 13.2. The number of nitrogens with zero attached hydrogens (tertiary/aromatic N) is 4. The summed E-state index contributed by atoms with van der Waals surface area (Å²) in [4.78, 5) is 35.5. The number of halogens is 3. The summed E-state index contributed by atoms with van der Waals surface area (Å²) in [5.74, 6) is 0.0798. The largest absolute Gasteiger partial charge is 0.416 e. The van der Waals surface area contributed by atoms with Crippen LogP contribution in [-0.4, -0.2) is 37.5 Å². The minimum atomic E-state index is -4.26. The fourth-order valence-corrected chi connectivity index (χ4v) is 5.05. The van der Waals surface area contributed by atoms with Crippen LogP contribution in [0.4, 0.5) is 13.2 Å². The number of aromatic nitrogens is 3. The number of alkyl halides is 3. The molecule has 0 fully saturated rings. The maximum atomic E-state index is 12.8. The minimum Gasteiger partial charge on any atom is -0.332 e. The molecule has 6 nitrogen and oxygen atoms in total. The molecule has 0 unspecified atom stereocenters. The number of carbonyl (C=O) groups is 2. The van der Waals surface area contributed by atoms with Gasteiger partial charge >= 0.3 is 6.18 Å². The lowest BCUT2D eigenvalue weighted by molar-refractivity contribution is -0.137. The number of hydrogen-bond acceptors (Lipinski definition) is 5. The van der Waals surface area contributed by atoms with E-state index < -0.39 is 11.7 Å². The molecule has 0 bridgehead atoms. The zero-order valence-electron chi connectivity index (χ0n) is 19.2. The maximum absolute atomic E-state index is 12.8. The van der Waals surface area contributed by atoms with Gasteiger partial charge in [-0.05, 0) is 49.6 Å². The van der Waals surface area contributed by atoms with Crippen LogP contribution in [0.15, 0.2) is 54.3 Å². The number of fused-ring (bicyclic) bond motifs is 2. The molecule has 0 N–H and O–H groups in total. The Morgan fingerprint density at radius 2 is 1.97 bits per heavy atom. The first-order valence-corrected chi connectivity index (χ1v) is 11.9. The Labute approximate surface area is 204 Å². The van der Waals surface area contributed by atoms with Gasteiger partial charge in [-0.25, -0.2) is 4.98 Å². The van der Waals surface area contributed by atoms with E-state index in [-0.39, 0.29) is 11.7 Å². The summed E-state index contributed by atoms with van der Waals surface area (Å²) in [6.45, 7) is 4.55. The molecule has 0 spiro atoms. The van der Waals surface area contributed by atoms with E-state index in [4.69, 9.17) is 0 Å². The summed E-state index contributed by atoms with van der Waals surface area (Å²) < 4.78 is 38.0. The molecule has 0 saturated carbocycles. The van der Waals surface area contributed by atoms with Crippen molar-refractivity contribution in [3.05, 3.63) is 87.3 Å². The number of amides is 1. The van der Waals surface area contributed by atoms with Gasteiger partial charge in [-0.2, -0.15) is 13.2 Å². The van der Waals surface area contributed by atoms with Gasteiger partial charge < -0.3 is 4.90 Å². The highest BCUT2D eigenvalue weighted by atomic mass is 32.1. The lowest BCUT2D eigenvalue weighted by Crippen LogP contribution is -2.36. The minimum absolute atomic E-state index is 0.0212. The topological polar surface area (TPSA) is 67.6 Å². The zero-order chi connectivity index (χ0) is 25.2. The number of imidazole rings is 1. The van der Waals surface area contributed by atoms with Gasteiger partial charge in [-0.3, -0.25) is 19.0 Å². The molecule has 0 saturated heterocycles. The molecule has 4 aromatic heterocycles. The fraction of sp³-hybridized carbons (Fsp3) is 0.280. The van der Waals surface area contributed by atoms with Crippen molar-refractivity contribution < 1.29 is 22.8 Å². The average molecular weight is 501 g/mol. The molecule has 0 radical (unpaired) electrons. The summed E-state index contributed by atoms with van der Waals surface area (Å²) in [6, 6.07) is 7.71. The monoisotopic (exact) mass is 500 g/mol. The molecule has 10 heteroatoms. The Bertz CT molecular complexity index is 1380. The second kappa shape index (κ2) is 9.99. The van der Waals surface area contributed by atoms with Gasteiger partial charge in [0.15, 0.2) is 5.78 Å². The van der Waals surface area contributed by atoms with Gasteiger partial charge in [0.1, 0.15) is 11.3 Å². The van der Waals surface area contributed by atoms with E-state index in [1.54, 1.807) is 31.4 Å². The van der Waals surface area contributed by atoms with E-state index >= 15 is 0 Å². The van der Waals surface area contributed by atoms with Crippen molar-refractivity contribution >= 4 is 28.7 Å². The lowest BCUT2D eigenvalue weighted by atomic mass is 10.0. The van der Waals surface area contributed by atoms with Crippen LogP contribution >= 0.6 is 11.3 Å². The number of Topliss-reactive ketones (excluding diaryl/α,β-unsaturated/α-hetero) is 1. The Morgan fingerprint density at radius 3 is 2.69 bits per heavy atom. The van der Waals surface area contributed by atoms with Gasteiger partial charge in [-0.15, -0.1) is 11.3 Å². The van der Waals surface area contributed by atoms with Crippen molar-refractivity contribution in [1.82, 2.24) is 19.3 Å². The smallest absolute Gasteiger partial charge is 0.332 e. The molecule has 4 aromatic rings. The number of thiophene rings is 1. The predicted molar refractivity (Wildman–Crippen MR) is 127 cm³/mol. The van der Waals surface area contributed by atoms with Crippen LogP contribution in [0.25, 0.3) is 5.65 Å². The highest BCUT2D eigenvalue weighted by molar-refractivity contribution is 7.10. The van der Waals surface area contributed by atoms with E-state index in [9.17, 15) is 22.8 Å². The van der Waals surface area contributed by atoms with Crippen LogP contribution in [0.5, 0.6) is 0 Å². The third-order valence-corrected chi connectivity index (χ3v) is 6.77. The highest BCUT2D eigenvalue weighted by Crippen LogP contribution is 2.30. The van der Waals surface area contributed by atoms with Gasteiger partial charge in [0.05, 0.1) is 18.3 Å². The fourth-order valence-electron chi connectivity index (χ4n) is 3.90. The standard InChI is InChI=1S/C17H15N3O2S.C8H8F3N/c1-11(21)13-10-23-15-9-19(7-5-12(13)15)17(22)14-8-18-16-4-2-3-6-20(14)16;1-2-7-5-6(3-4-12-7)8(9,10)11/h2-4,6,8,10H,5,7,9H2,1H3;3-5H,2H2,1H3. The molecule has 1 amide bonds. The second-order valence-electron chi connectivity index (χ2n) is 8.04. The van der Waals surface area contributed by atoms with E-state index in [1.165, 1.54) is 6.20 Å². The molecule has 1 aliphatic heterocycles. The Hall–Kier alpha value is -3.53. The van der Waals surface area contributed by atoms with Crippen LogP contribution in [0.1, 0.15) is 56.4 Å². The first kappa shape index (κ1) is 24.6. The number of pyridine rings is 2. The van der Waals surface area contributed by atoms with Gasteiger partial charge in [0.25, 0.3) is 5.91 Å². The molecule has 5 heterocycles. The van der Waals surface area contributed by atoms with Crippen LogP contribution in [0.3, 0.4) is 0 Å². The van der Waals surface area contributed by atoms with Crippen molar-refractivity contribution in [2.75, 3.05) is 6.54 Å². The first-order valence-electron chi connectivity index (χ1n) is 11.0. The first-order chi connectivity index (χ1) is 16.7. The molecule has 1 aliphatic rings. The Morgan fingerprint density at radius 1 is 1.17 bits per heavy atom. The number of ketones is 1. The molecule has 0 aromatic carbocycles. The summed E-state index contributed by atoms with van der Waals surface area (Å²) in [6.07, 6.45) is 1.65. The van der Waals surface area contributed by atoms with Crippen molar-refractivity contribution in [3.8, 4) is 0 Å². The maximum Gasteiger partial charge on any atom is 0.416 e. The van der Waals surface area contributed by atoms with Crippen LogP contribution in [0, 0.1) is 0 Å². The highest BCUT2D eigenvalue weighted by Gasteiger charge is 2.30. The van der Waals surface area contributed by atoms with E-state index in [0.717, 1.165) is 40.2 Å². The predicted octanol–water partition coefficient (Wildman–Crippen LogP) is 5.46. The molecular formula is C25H23F3N4O2S. The van der Waals surface area contributed by atoms with E-state index in [2.05, 4.69) is 9.97 Å². The van der Waals surface area contributed by atoms with Gasteiger partial charge in [-0.1, -0.05) is 13.0 Å². The summed E-state index contributed by atoms with van der Waals surface area (Å²) in [7, 11) is 0. The molecular weight excluding hydrogens is 477 g/mol. The third kappa shape index (κ3) is 5.27. The van der Waals surface area contributed by atoms with E-state index in [1.807, 2.05) is 39.1 Å². The molecule has 35 heavy (non-hydrogen) atoms. The second-order valence-corrected chi connectivity index (χ2v) is 9.01. The quantitative estimate of drug-likeness (QED) is 0.351. The zero-order valence-corrected chi connectivity index (χ0v) is 20.0. The summed E-state index contributed by atoms with van der Waals surface area (Å²) in [5, 5.41) is 1.91. The Balaban J connectivity index is 0.000000204. The van der Waals surface area contributed by atoms with Crippen molar-refractivity contribution in [2.24, 2.45) is 0 Å². The van der Waals surface area contributed by atoms with E-state index in [0.29, 0.717) is 30.9 Å². The summed E-state index contributed by atoms with van der Waals surface area (Å²) >= 11 is 1.57. The van der Waals surface area contributed by atoms with Crippen LogP contribution < -0.4 is 0 Å². The van der Waals surface area contributed by atoms with Gasteiger partial charge in [0.2, 0.25) is 0 Å². The molecule has 182 valence electrons. The lowest BCUT2D eigenvalue weighted by Gasteiger charge is -2.27. The van der Waals surface area contributed by atoms with Crippen molar-refractivity contribution in [2.45, 2.75) is 39.4 Å². The summed E-state index contributed by atoms with van der Waals surface area (Å²) in [5.41, 5.74) is 3.10. The third-order valence-electron chi connectivity index (χ3n) is 5.76. The molecule has 0 atom stereocenters. The number of aryl methyl sites for hydroxylation is 1. The Kier molecular flexibility index (Phi) is 7.02. The van der Waals surface area contributed by atoms with Crippen LogP contribution in [-0.2, 0) is 25.6 Å². The average Bonchev–Trinajstić information content (AvgIpc) is 3.47. The van der Waals surface area contributed by atoms with Crippen LogP contribution in [0.2, 0.25) is 0 Å². The van der Waals surface area contributed by atoms with Gasteiger partial charge in [0, 0.05) is 40.5 Å². The SMILES string of the molecule is CC(=O)c1csc2c1CCN(C(=O)c1cnc3ccccn13)C2.CCc1cc(C(F)(F)F)ccn1. The number of rotatable bonds is 3. The molecule has 0 aliphatic carbocycles. The van der Waals surface area contributed by atoms with Crippen molar-refractivity contribution in [3.63, 3.8) is 0 Å². The molecule has 5 rings (SSSR count). The number of hydrogen-bond donors (Lipinski definition) is 0.